The predicted octanol–water partition coefficient (Wildman–Crippen LogP) is 3.50. The summed E-state index contributed by atoms with van der Waals surface area (Å²) in [5.74, 6) is 0.108. The molecule has 1 amide bonds. The van der Waals surface area contributed by atoms with Crippen molar-refractivity contribution >= 4 is 32.6 Å². The number of hydrogen-bond acceptors (Lipinski definition) is 7. The molecule has 4 aromatic rings. The fourth-order valence-corrected chi connectivity index (χ4v) is 3.99. The molecular formula is C24H21N3O6S. The molecule has 2 N–H and O–H groups in total. The fraction of sp³-hybridized carbons (Fsp3) is 0.0833. The summed E-state index contributed by atoms with van der Waals surface area (Å²) in [7, 11) is -1.27. The molecule has 0 saturated heterocycles. The van der Waals surface area contributed by atoms with E-state index in [1.165, 1.54) is 32.4 Å². The van der Waals surface area contributed by atoms with E-state index in [9.17, 15) is 13.2 Å². The van der Waals surface area contributed by atoms with Crippen molar-refractivity contribution < 1.29 is 27.1 Å². The highest BCUT2D eigenvalue weighted by Crippen LogP contribution is 2.29. The van der Waals surface area contributed by atoms with E-state index in [0.717, 1.165) is 0 Å². The van der Waals surface area contributed by atoms with Crippen molar-refractivity contribution in [2.24, 2.45) is 5.10 Å². The number of sulfonamides is 1. The zero-order valence-electron chi connectivity index (χ0n) is 18.3. The van der Waals surface area contributed by atoms with Crippen LogP contribution in [0, 0.1) is 0 Å². The van der Waals surface area contributed by atoms with E-state index in [1.807, 2.05) is 6.07 Å². The van der Waals surface area contributed by atoms with Gasteiger partial charge in [-0.2, -0.15) is 13.2 Å². The number of para-hydroxylation sites is 2. The lowest BCUT2D eigenvalue weighted by molar-refractivity contribution is 0.102. The van der Waals surface area contributed by atoms with Gasteiger partial charge in [-0.3, -0.25) is 4.79 Å². The molecule has 0 fully saturated rings. The van der Waals surface area contributed by atoms with E-state index in [-0.39, 0.29) is 21.8 Å². The summed E-state index contributed by atoms with van der Waals surface area (Å²) in [6.07, 6.45) is 0. The van der Waals surface area contributed by atoms with Crippen LogP contribution < -0.4 is 25.2 Å². The van der Waals surface area contributed by atoms with Gasteiger partial charge in [0.2, 0.25) is 5.55 Å². The Morgan fingerprint density at radius 3 is 2.32 bits per heavy atom. The van der Waals surface area contributed by atoms with Gasteiger partial charge >= 0.3 is 0 Å². The standard InChI is InChI=1S/C24H21N3O6S/c1-31-21-13-12-18(15-22(21)32-2)34(29,30)27-26-24-19(14-16-8-6-7-11-20(16)33-24)23(28)25-17-9-4-3-5-10-17/h3-15,27H,1-2H3,(H,25,28)/b26-24-. The van der Waals surface area contributed by atoms with Crippen LogP contribution in [-0.2, 0) is 10.0 Å². The maximum atomic E-state index is 13.0. The SMILES string of the molecule is COc1ccc(S(=O)(=O)N/N=c2\oc3ccccc3cc2C(=O)Nc2ccccc2)cc1OC. The van der Waals surface area contributed by atoms with Crippen molar-refractivity contribution in [3.8, 4) is 11.5 Å². The number of nitrogens with one attached hydrogen (secondary N) is 2. The Balaban J connectivity index is 1.74. The quantitative estimate of drug-likeness (QED) is 0.392. The zero-order valence-corrected chi connectivity index (χ0v) is 19.1. The van der Waals surface area contributed by atoms with E-state index < -0.39 is 15.9 Å². The van der Waals surface area contributed by atoms with Crippen molar-refractivity contribution in [2.45, 2.75) is 4.90 Å². The number of amides is 1. The van der Waals surface area contributed by atoms with Crippen LogP contribution in [0.4, 0.5) is 5.69 Å². The molecule has 0 aliphatic heterocycles. The normalized spacial score (nSPS) is 11.8. The van der Waals surface area contributed by atoms with E-state index >= 15 is 0 Å². The largest absolute Gasteiger partial charge is 0.493 e. The van der Waals surface area contributed by atoms with Crippen LogP contribution in [0.15, 0.2) is 93.3 Å². The first-order valence-corrected chi connectivity index (χ1v) is 11.6. The molecule has 0 aliphatic carbocycles. The lowest BCUT2D eigenvalue weighted by atomic mass is 10.1. The van der Waals surface area contributed by atoms with Crippen LogP contribution in [0.25, 0.3) is 11.0 Å². The summed E-state index contributed by atoms with van der Waals surface area (Å²) >= 11 is 0. The highest BCUT2D eigenvalue weighted by Gasteiger charge is 2.18. The molecule has 0 radical (unpaired) electrons. The maximum absolute atomic E-state index is 13.0. The van der Waals surface area contributed by atoms with Gasteiger partial charge in [-0.15, -0.1) is 5.10 Å². The number of carbonyl (C=O) groups is 1. The van der Waals surface area contributed by atoms with Crippen molar-refractivity contribution in [1.29, 1.82) is 0 Å². The van der Waals surface area contributed by atoms with Gasteiger partial charge in [0.05, 0.1) is 19.1 Å². The molecule has 1 heterocycles. The number of rotatable bonds is 7. The van der Waals surface area contributed by atoms with Crippen molar-refractivity contribution in [3.63, 3.8) is 0 Å². The minimum Gasteiger partial charge on any atom is -0.493 e. The Kier molecular flexibility index (Phi) is 6.51. The average molecular weight is 480 g/mol. The first-order chi connectivity index (χ1) is 16.4. The van der Waals surface area contributed by atoms with Gasteiger partial charge in [0, 0.05) is 17.1 Å². The van der Waals surface area contributed by atoms with Crippen LogP contribution in [-0.4, -0.2) is 28.5 Å². The lowest BCUT2D eigenvalue weighted by Gasteiger charge is -2.10. The van der Waals surface area contributed by atoms with Gasteiger partial charge in [0.25, 0.3) is 15.9 Å². The molecule has 0 bridgehead atoms. The second kappa shape index (κ2) is 9.67. The Hall–Kier alpha value is -4.31. The predicted molar refractivity (Wildman–Crippen MR) is 126 cm³/mol. The number of ether oxygens (including phenoxy) is 2. The van der Waals surface area contributed by atoms with E-state index in [4.69, 9.17) is 13.9 Å². The van der Waals surface area contributed by atoms with Gasteiger partial charge in [-0.25, -0.2) is 0 Å². The molecule has 10 heteroatoms. The van der Waals surface area contributed by atoms with Crippen molar-refractivity contribution in [1.82, 2.24) is 4.83 Å². The Bertz CT molecular complexity index is 1520. The van der Waals surface area contributed by atoms with Crippen LogP contribution in [0.5, 0.6) is 11.5 Å². The summed E-state index contributed by atoms with van der Waals surface area (Å²) in [6, 6.07) is 21.6. The first-order valence-electron chi connectivity index (χ1n) is 10.1. The molecule has 0 spiro atoms. The highest BCUT2D eigenvalue weighted by atomic mass is 32.2. The van der Waals surface area contributed by atoms with E-state index in [0.29, 0.717) is 22.4 Å². The van der Waals surface area contributed by atoms with E-state index in [1.54, 1.807) is 54.6 Å². The maximum Gasteiger partial charge on any atom is 0.276 e. The number of nitrogens with zero attached hydrogens (tertiary/aromatic N) is 1. The minimum absolute atomic E-state index is 0.0533. The Morgan fingerprint density at radius 2 is 1.59 bits per heavy atom. The third-order valence-corrected chi connectivity index (χ3v) is 6.07. The second-order valence-electron chi connectivity index (χ2n) is 7.05. The fourth-order valence-electron chi connectivity index (χ4n) is 3.17. The lowest BCUT2D eigenvalue weighted by Crippen LogP contribution is -2.27. The summed E-state index contributed by atoms with van der Waals surface area (Å²) < 4.78 is 41.8. The van der Waals surface area contributed by atoms with Gasteiger partial charge in [0.15, 0.2) is 11.5 Å². The van der Waals surface area contributed by atoms with Crippen LogP contribution in [0.2, 0.25) is 0 Å². The molecule has 1 aromatic heterocycles. The second-order valence-corrected chi connectivity index (χ2v) is 8.71. The Labute approximate surface area is 195 Å². The smallest absolute Gasteiger partial charge is 0.276 e. The van der Waals surface area contributed by atoms with Crippen molar-refractivity contribution in [2.75, 3.05) is 19.5 Å². The molecule has 0 aliphatic rings. The number of methoxy groups -OCH3 is 2. The zero-order chi connectivity index (χ0) is 24.1. The van der Waals surface area contributed by atoms with Crippen molar-refractivity contribution in [3.05, 3.63) is 90.0 Å². The number of benzene rings is 3. The van der Waals surface area contributed by atoms with E-state index in [2.05, 4.69) is 15.2 Å². The molecule has 0 atom stereocenters. The molecule has 34 heavy (non-hydrogen) atoms. The number of anilines is 1. The molecular weight excluding hydrogens is 458 g/mol. The number of fused-ring (bicyclic) bond motifs is 1. The molecule has 0 saturated carbocycles. The summed E-state index contributed by atoms with van der Waals surface area (Å²) in [4.78, 5) is 15.0. The van der Waals surface area contributed by atoms with Crippen LogP contribution in [0.3, 0.4) is 0 Å². The third kappa shape index (κ3) is 4.86. The molecule has 0 unspecified atom stereocenters. The first kappa shape index (κ1) is 22.9. The van der Waals surface area contributed by atoms with Gasteiger partial charge in [-0.1, -0.05) is 36.4 Å². The third-order valence-electron chi connectivity index (χ3n) is 4.86. The summed E-state index contributed by atoms with van der Waals surface area (Å²) in [6.45, 7) is 0. The average Bonchev–Trinajstić information content (AvgIpc) is 2.87. The minimum atomic E-state index is -4.11. The van der Waals surface area contributed by atoms with Crippen LogP contribution in [0.1, 0.15) is 10.4 Å². The number of hydrogen-bond donors (Lipinski definition) is 2. The van der Waals surface area contributed by atoms with Gasteiger partial charge < -0.3 is 19.2 Å². The van der Waals surface area contributed by atoms with Gasteiger partial charge in [0.1, 0.15) is 11.1 Å². The van der Waals surface area contributed by atoms with Crippen LogP contribution >= 0.6 is 0 Å². The molecule has 4 rings (SSSR count). The number of carbonyl (C=O) groups excluding carboxylic acids is 1. The Morgan fingerprint density at radius 1 is 0.882 bits per heavy atom. The highest BCUT2D eigenvalue weighted by molar-refractivity contribution is 7.89. The topological polar surface area (TPSA) is 119 Å². The van der Waals surface area contributed by atoms with Gasteiger partial charge in [-0.05, 0) is 36.4 Å². The molecule has 174 valence electrons. The molecule has 3 aromatic carbocycles. The summed E-state index contributed by atoms with van der Waals surface area (Å²) in [5, 5.41) is 7.34. The summed E-state index contributed by atoms with van der Waals surface area (Å²) in [5.41, 5.74) is 0.856. The molecule has 9 nitrogen and oxygen atoms in total. The monoisotopic (exact) mass is 479 g/mol.